The van der Waals surface area contributed by atoms with Gasteiger partial charge >= 0.3 is 0 Å². The first-order valence-electron chi connectivity index (χ1n) is 8.65. The lowest BCUT2D eigenvalue weighted by Crippen LogP contribution is -2.22. The summed E-state index contributed by atoms with van der Waals surface area (Å²) in [5.41, 5.74) is 5.33. The Balaban J connectivity index is 1.68. The second-order valence-corrected chi connectivity index (χ2v) is 6.72. The topological polar surface area (TPSA) is 22.3 Å². The molecule has 2 aromatic carbocycles. The number of nitrogens with one attached hydrogen (secondary N) is 1. The fourth-order valence-electron chi connectivity index (χ4n) is 3.16. The number of nitrogens with zero attached hydrogens (tertiary/aromatic N) is 2. The maximum Gasteiger partial charge on any atom is 0.0457 e. The lowest BCUT2D eigenvalue weighted by atomic mass is 10.1. The van der Waals surface area contributed by atoms with E-state index in [1.54, 1.807) is 0 Å². The number of aromatic amines is 1. The molecule has 24 heavy (non-hydrogen) atoms. The van der Waals surface area contributed by atoms with Gasteiger partial charge in [-0.15, -0.1) is 0 Å². The molecule has 0 aliphatic rings. The van der Waals surface area contributed by atoms with Gasteiger partial charge in [0, 0.05) is 36.7 Å². The van der Waals surface area contributed by atoms with Crippen LogP contribution in [0.5, 0.6) is 0 Å². The number of benzene rings is 2. The molecule has 3 aromatic rings. The standard InChI is InChI=1S/C21H27N3/c1-4-24(15-18-11-9-17(10-12-18)14-23(2)3)16-19-13-22-21-8-6-5-7-20(19)21/h5-13,22H,4,14-16H2,1-3H3. The molecule has 126 valence electrons. The average Bonchev–Trinajstić information content (AvgIpc) is 2.98. The highest BCUT2D eigenvalue weighted by Gasteiger charge is 2.09. The summed E-state index contributed by atoms with van der Waals surface area (Å²) in [6, 6.07) is 17.5. The van der Waals surface area contributed by atoms with Gasteiger partial charge in [0.2, 0.25) is 0 Å². The van der Waals surface area contributed by atoms with Gasteiger partial charge in [-0.2, -0.15) is 0 Å². The van der Waals surface area contributed by atoms with Gasteiger partial charge in [-0.25, -0.2) is 0 Å². The third kappa shape index (κ3) is 4.05. The Morgan fingerprint density at radius 3 is 2.17 bits per heavy atom. The van der Waals surface area contributed by atoms with Gasteiger partial charge in [0.15, 0.2) is 0 Å². The van der Waals surface area contributed by atoms with E-state index in [0.29, 0.717) is 0 Å². The number of hydrogen-bond acceptors (Lipinski definition) is 2. The summed E-state index contributed by atoms with van der Waals surface area (Å²) in [5, 5.41) is 1.33. The summed E-state index contributed by atoms with van der Waals surface area (Å²) in [4.78, 5) is 8.06. The molecule has 0 unspecified atom stereocenters. The van der Waals surface area contributed by atoms with E-state index in [9.17, 15) is 0 Å². The zero-order valence-corrected chi connectivity index (χ0v) is 14.9. The Morgan fingerprint density at radius 2 is 1.50 bits per heavy atom. The smallest absolute Gasteiger partial charge is 0.0457 e. The summed E-state index contributed by atoms with van der Waals surface area (Å²) in [5.74, 6) is 0. The maximum atomic E-state index is 3.38. The predicted octanol–water partition coefficient (Wildman–Crippen LogP) is 4.25. The van der Waals surface area contributed by atoms with Gasteiger partial charge in [-0.05, 0) is 43.4 Å². The number of H-pyrrole nitrogens is 1. The van der Waals surface area contributed by atoms with Crippen molar-refractivity contribution in [2.75, 3.05) is 20.6 Å². The van der Waals surface area contributed by atoms with E-state index < -0.39 is 0 Å². The zero-order chi connectivity index (χ0) is 16.9. The lowest BCUT2D eigenvalue weighted by molar-refractivity contribution is 0.272. The molecule has 0 atom stereocenters. The molecule has 0 spiro atoms. The van der Waals surface area contributed by atoms with Crippen LogP contribution in [0.2, 0.25) is 0 Å². The van der Waals surface area contributed by atoms with Crippen LogP contribution in [0.4, 0.5) is 0 Å². The van der Waals surface area contributed by atoms with E-state index in [2.05, 4.69) is 90.5 Å². The van der Waals surface area contributed by atoms with E-state index >= 15 is 0 Å². The number of para-hydroxylation sites is 1. The van der Waals surface area contributed by atoms with Crippen molar-refractivity contribution in [1.29, 1.82) is 0 Å². The Morgan fingerprint density at radius 1 is 0.833 bits per heavy atom. The molecule has 3 nitrogen and oxygen atoms in total. The van der Waals surface area contributed by atoms with Crippen LogP contribution in [0.15, 0.2) is 54.7 Å². The van der Waals surface area contributed by atoms with Gasteiger partial charge in [0.1, 0.15) is 0 Å². The van der Waals surface area contributed by atoms with Crippen molar-refractivity contribution in [3.63, 3.8) is 0 Å². The molecule has 3 heteroatoms. The molecule has 0 bridgehead atoms. The predicted molar refractivity (Wildman–Crippen MR) is 102 cm³/mol. The normalized spacial score (nSPS) is 11.7. The summed E-state index contributed by atoms with van der Waals surface area (Å²) < 4.78 is 0. The van der Waals surface area contributed by atoms with E-state index in [1.165, 1.54) is 27.6 Å². The van der Waals surface area contributed by atoms with Crippen molar-refractivity contribution >= 4 is 10.9 Å². The molecule has 0 aliphatic heterocycles. The first-order valence-corrected chi connectivity index (χ1v) is 8.65. The van der Waals surface area contributed by atoms with Crippen LogP contribution in [0.1, 0.15) is 23.6 Å². The molecule has 0 aliphatic carbocycles. The first-order chi connectivity index (χ1) is 11.7. The fraction of sp³-hybridized carbons (Fsp3) is 0.333. The zero-order valence-electron chi connectivity index (χ0n) is 14.9. The van der Waals surface area contributed by atoms with Crippen molar-refractivity contribution in [3.05, 3.63) is 71.4 Å². The SMILES string of the molecule is CCN(Cc1ccc(CN(C)C)cc1)Cc1c[nH]c2ccccc12. The Kier molecular flexibility index (Phi) is 5.34. The summed E-state index contributed by atoms with van der Waals surface area (Å²) >= 11 is 0. The molecular formula is C21H27N3. The van der Waals surface area contributed by atoms with Gasteiger partial charge in [0.05, 0.1) is 0 Å². The van der Waals surface area contributed by atoms with Crippen LogP contribution < -0.4 is 0 Å². The Bertz CT molecular complexity index is 771. The van der Waals surface area contributed by atoms with Crippen molar-refractivity contribution < 1.29 is 0 Å². The average molecular weight is 321 g/mol. The van der Waals surface area contributed by atoms with Gasteiger partial charge in [0.25, 0.3) is 0 Å². The highest BCUT2D eigenvalue weighted by atomic mass is 15.1. The second-order valence-electron chi connectivity index (χ2n) is 6.72. The third-order valence-electron chi connectivity index (χ3n) is 4.44. The van der Waals surface area contributed by atoms with Crippen molar-refractivity contribution in [2.45, 2.75) is 26.6 Å². The van der Waals surface area contributed by atoms with E-state index in [-0.39, 0.29) is 0 Å². The molecule has 0 saturated heterocycles. The van der Waals surface area contributed by atoms with Crippen LogP contribution >= 0.6 is 0 Å². The maximum absolute atomic E-state index is 3.38. The monoisotopic (exact) mass is 321 g/mol. The minimum absolute atomic E-state index is 0.972. The molecule has 0 fully saturated rings. The summed E-state index contributed by atoms with van der Waals surface area (Å²) in [6.45, 7) is 6.22. The van der Waals surface area contributed by atoms with Crippen molar-refractivity contribution in [2.24, 2.45) is 0 Å². The van der Waals surface area contributed by atoms with Crippen LogP contribution in [0.25, 0.3) is 10.9 Å². The number of aromatic nitrogens is 1. The molecule has 0 saturated carbocycles. The van der Waals surface area contributed by atoms with Gasteiger partial charge < -0.3 is 9.88 Å². The minimum Gasteiger partial charge on any atom is -0.361 e. The molecular weight excluding hydrogens is 294 g/mol. The van der Waals surface area contributed by atoms with Crippen LogP contribution in [-0.2, 0) is 19.6 Å². The van der Waals surface area contributed by atoms with Crippen LogP contribution in [0, 0.1) is 0 Å². The minimum atomic E-state index is 0.972. The Labute approximate surface area is 144 Å². The molecule has 0 radical (unpaired) electrons. The van der Waals surface area contributed by atoms with Gasteiger partial charge in [-0.3, -0.25) is 4.90 Å². The molecule has 1 aromatic heterocycles. The van der Waals surface area contributed by atoms with Crippen LogP contribution in [-0.4, -0.2) is 35.4 Å². The quantitative estimate of drug-likeness (QED) is 0.703. The highest BCUT2D eigenvalue weighted by Crippen LogP contribution is 2.20. The first kappa shape index (κ1) is 16.7. The number of hydrogen-bond donors (Lipinski definition) is 1. The van der Waals surface area contributed by atoms with Crippen molar-refractivity contribution in [1.82, 2.24) is 14.8 Å². The fourth-order valence-corrected chi connectivity index (χ4v) is 3.16. The highest BCUT2D eigenvalue weighted by molar-refractivity contribution is 5.82. The molecule has 3 rings (SSSR count). The molecule has 0 amide bonds. The van der Waals surface area contributed by atoms with Crippen molar-refractivity contribution in [3.8, 4) is 0 Å². The molecule has 1 N–H and O–H groups in total. The van der Waals surface area contributed by atoms with E-state index in [0.717, 1.165) is 26.2 Å². The second kappa shape index (κ2) is 7.65. The molecule has 1 heterocycles. The van der Waals surface area contributed by atoms with Crippen LogP contribution in [0.3, 0.4) is 0 Å². The number of fused-ring (bicyclic) bond motifs is 1. The third-order valence-corrected chi connectivity index (χ3v) is 4.44. The largest absolute Gasteiger partial charge is 0.361 e. The van der Waals surface area contributed by atoms with E-state index in [1.807, 2.05) is 0 Å². The number of rotatable bonds is 7. The summed E-state index contributed by atoms with van der Waals surface area (Å²) in [7, 11) is 4.21. The van der Waals surface area contributed by atoms with E-state index in [4.69, 9.17) is 0 Å². The van der Waals surface area contributed by atoms with Gasteiger partial charge in [-0.1, -0.05) is 49.4 Å². The summed E-state index contributed by atoms with van der Waals surface area (Å²) in [6.07, 6.45) is 2.15. The Hall–Kier alpha value is -2.10. The lowest BCUT2D eigenvalue weighted by Gasteiger charge is -2.20.